The van der Waals surface area contributed by atoms with Gasteiger partial charge in [-0.15, -0.1) is 0 Å². The van der Waals surface area contributed by atoms with Gasteiger partial charge in [-0.2, -0.15) is 0 Å². The summed E-state index contributed by atoms with van der Waals surface area (Å²) in [6.07, 6.45) is 1.29. The van der Waals surface area contributed by atoms with Crippen LogP contribution in [0.25, 0.3) is 0 Å². The highest BCUT2D eigenvalue weighted by Gasteiger charge is 2.15. The third-order valence-electron chi connectivity index (χ3n) is 3.18. The predicted octanol–water partition coefficient (Wildman–Crippen LogP) is 2.78. The van der Waals surface area contributed by atoms with Crippen molar-refractivity contribution >= 4 is 5.97 Å². The average molecular weight is 263 g/mol. The van der Waals surface area contributed by atoms with Gasteiger partial charge in [-0.05, 0) is 44.9 Å². The van der Waals surface area contributed by atoms with Crippen LogP contribution in [0.2, 0.25) is 0 Å². The fourth-order valence-electron chi connectivity index (χ4n) is 2.21. The number of benzene rings is 1. The van der Waals surface area contributed by atoms with Crippen molar-refractivity contribution in [3.63, 3.8) is 0 Å². The van der Waals surface area contributed by atoms with E-state index in [1.54, 1.807) is 0 Å². The fourth-order valence-corrected chi connectivity index (χ4v) is 2.21. The molecule has 0 amide bonds. The molecule has 0 bridgehead atoms. The number of aryl methyl sites for hydroxylation is 2. The molecule has 0 aliphatic carbocycles. The highest BCUT2D eigenvalue weighted by atomic mass is 16.5. The van der Waals surface area contributed by atoms with Gasteiger partial charge in [0, 0.05) is 6.04 Å². The van der Waals surface area contributed by atoms with Gasteiger partial charge in [-0.25, -0.2) is 0 Å². The molecule has 0 saturated heterocycles. The Kier molecular flexibility index (Phi) is 6.57. The van der Waals surface area contributed by atoms with E-state index in [-0.39, 0.29) is 12.0 Å². The first-order valence-electron chi connectivity index (χ1n) is 7.02. The van der Waals surface area contributed by atoms with E-state index in [4.69, 9.17) is 4.74 Å². The maximum Gasteiger partial charge on any atom is 0.307 e. The Morgan fingerprint density at radius 3 is 2.68 bits per heavy atom. The smallest absolute Gasteiger partial charge is 0.307 e. The molecule has 3 heteroatoms. The Balaban J connectivity index is 2.71. The molecule has 1 atom stereocenters. The molecule has 3 nitrogen and oxygen atoms in total. The zero-order chi connectivity index (χ0) is 14.3. The molecule has 0 saturated carbocycles. The topological polar surface area (TPSA) is 38.3 Å². The van der Waals surface area contributed by atoms with Crippen molar-refractivity contribution in [2.24, 2.45) is 0 Å². The Bertz CT molecular complexity index is 415. The summed E-state index contributed by atoms with van der Waals surface area (Å²) in [5.74, 6) is -0.126. The van der Waals surface area contributed by atoms with Crippen molar-refractivity contribution in [2.45, 2.75) is 46.6 Å². The molecule has 1 N–H and O–H groups in total. The number of nitrogens with one attached hydrogen (secondary N) is 1. The predicted molar refractivity (Wildman–Crippen MR) is 78.3 cm³/mol. The number of carbonyl (C=O) groups excluding carboxylic acids is 1. The minimum absolute atomic E-state index is 0.126. The summed E-state index contributed by atoms with van der Waals surface area (Å²) < 4.78 is 5.03. The molecule has 0 aromatic heterocycles. The van der Waals surface area contributed by atoms with Crippen LogP contribution in [-0.4, -0.2) is 25.2 Å². The standard InChI is InChI=1S/C16H25NO2/c1-5-17-15(11-16(18)19-6-2)10-14-9-12(3)7-8-13(14)4/h7-9,15,17H,5-6,10-11H2,1-4H3. The van der Waals surface area contributed by atoms with Crippen molar-refractivity contribution in [1.82, 2.24) is 5.32 Å². The van der Waals surface area contributed by atoms with Crippen LogP contribution in [0.1, 0.15) is 37.0 Å². The lowest BCUT2D eigenvalue weighted by Gasteiger charge is -2.18. The van der Waals surface area contributed by atoms with Gasteiger partial charge in [0.25, 0.3) is 0 Å². The number of likely N-dealkylation sites (N-methyl/N-ethyl adjacent to an activating group) is 1. The van der Waals surface area contributed by atoms with Gasteiger partial charge >= 0.3 is 5.97 Å². The van der Waals surface area contributed by atoms with E-state index in [0.717, 1.165) is 13.0 Å². The second kappa shape index (κ2) is 7.95. The Morgan fingerprint density at radius 1 is 1.32 bits per heavy atom. The van der Waals surface area contributed by atoms with Gasteiger partial charge in [0.2, 0.25) is 0 Å². The molecular formula is C16H25NO2. The molecule has 1 rings (SSSR count). The number of carbonyl (C=O) groups is 1. The number of rotatable bonds is 7. The molecule has 0 spiro atoms. The average Bonchev–Trinajstić information content (AvgIpc) is 2.34. The number of ether oxygens (including phenoxy) is 1. The zero-order valence-electron chi connectivity index (χ0n) is 12.5. The largest absolute Gasteiger partial charge is 0.466 e. The summed E-state index contributed by atoms with van der Waals surface area (Å²) in [5.41, 5.74) is 3.83. The van der Waals surface area contributed by atoms with Crippen LogP contribution < -0.4 is 5.32 Å². The summed E-state index contributed by atoms with van der Waals surface area (Å²) >= 11 is 0. The molecule has 0 heterocycles. The molecule has 106 valence electrons. The van der Waals surface area contributed by atoms with E-state index in [2.05, 4.69) is 44.3 Å². The minimum atomic E-state index is -0.126. The third kappa shape index (κ3) is 5.43. The summed E-state index contributed by atoms with van der Waals surface area (Å²) in [7, 11) is 0. The lowest BCUT2D eigenvalue weighted by Crippen LogP contribution is -2.34. The van der Waals surface area contributed by atoms with Crippen LogP contribution in [-0.2, 0) is 16.0 Å². The third-order valence-corrected chi connectivity index (χ3v) is 3.18. The maximum atomic E-state index is 11.6. The molecule has 1 aromatic carbocycles. The van der Waals surface area contributed by atoms with E-state index in [1.165, 1.54) is 16.7 Å². The Morgan fingerprint density at radius 2 is 2.05 bits per heavy atom. The second-order valence-electron chi connectivity index (χ2n) is 4.90. The first-order valence-corrected chi connectivity index (χ1v) is 7.02. The maximum absolute atomic E-state index is 11.6. The van der Waals surface area contributed by atoms with E-state index in [9.17, 15) is 4.79 Å². The second-order valence-corrected chi connectivity index (χ2v) is 4.90. The van der Waals surface area contributed by atoms with Gasteiger partial charge in [-0.1, -0.05) is 30.7 Å². The molecular weight excluding hydrogens is 238 g/mol. The van der Waals surface area contributed by atoms with Crippen LogP contribution in [0.4, 0.5) is 0 Å². The highest BCUT2D eigenvalue weighted by molar-refractivity contribution is 5.70. The molecule has 1 aromatic rings. The number of hydrogen-bond acceptors (Lipinski definition) is 3. The van der Waals surface area contributed by atoms with Gasteiger partial charge in [0.05, 0.1) is 13.0 Å². The van der Waals surface area contributed by atoms with Crippen molar-refractivity contribution in [1.29, 1.82) is 0 Å². The summed E-state index contributed by atoms with van der Waals surface area (Å²) in [6, 6.07) is 6.60. The molecule has 0 aliphatic heterocycles. The van der Waals surface area contributed by atoms with Crippen LogP contribution in [0, 0.1) is 13.8 Å². The first-order chi connectivity index (χ1) is 9.06. The van der Waals surface area contributed by atoms with Crippen molar-refractivity contribution in [2.75, 3.05) is 13.2 Å². The van der Waals surface area contributed by atoms with Crippen LogP contribution in [0.15, 0.2) is 18.2 Å². The number of hydrogen-bond donors (Lipinski definition) is 1. The molecule has 1 unspecified atom stereocenters. The van der Waals surface area contributed by atoms with Gasteiger partial charge in [0.15, 0.2) is 0 Å². The quantitative estimate of drug-likeness (QED) is 0.769. The molecule has 0 fully saturated rings. The van der Waals surface area contributed by atoms with Crippen LogP contribution in [0.5, 0.6) is 0 Å². The van der Waals surface area contributed by atoms with E-state index >= 15 is 0 Å². The van der Waals surface area contributed by atoms with Gasteiger partial charge in [0.1, 0.15) is 0 Å². The molecule has 0 aliphatic rings. The minimum Gasteiger partial charge on any atom is -0.466 e. The molecule has 0 radical (unpaired) electrons. The summed E-state index contributed by atoms with van der Waals surface area (Å²) in [4.78, 5) is 11.6. The zero-order valence-corrected chi connectivity index (χ0v) is 12.5. The SMILES string of the molecule is CCNC(CC(=O)OCC)Cc1cc(C)ccc1C. The van der Waals surface area contributed by atoms with Crippen molar-refractivity contribution < 1.29 is 9.53 Å². The van der Waals surface area contributed by atoms with E-state index in [1.807, 2.05) is 6.92 Å². The normalized spacial score (nSPS) is 12.2. The van der Waals surface area contributed by atoms with Gasteiger partial charge in [-0.3, -0.25) is 4.79 Å². The fraction of sp³-hybridized carbons (Fsp3) is 0.562. The lowest BCUT2D eigenvalue weighted by molar-refractivity contribution is -0.143. The van der Waals surface area contributed by atoms with Crippen LogP contribution >= 0.6 is 0 Å². The lowest BCUT2D eigenvalue weighted by atomic mass is 9.97. The number of esters is 1. The Labute approximate surface area is 116 Å². The highest BCUT2D eigenvalue weighted by Crippen LogP contribution is 2.14. The van der Waals surface area contributed by atoms with Crippen molar-refractivity contribution in [3.8, 4) is 0 Å². The first kappa shape index (κ1) is 15.7. The van der Waals surface area contributed by atoms with E-state index < -0.39 is 0 Å². The van der Waals surface area contributed by atoms with Crippen LogP contribution in [0.3, 0.4) is 0 Å². The summed E-state index contributed by atoms with van der Waals surface area (Å²) in [5, 5.41) is 3.37. The Hall–Kier alpha value is -1.35. The van der Waals surface area contributed by atoms with E-state index in [0.29, 0.717) is 13.0 Å². The summed E-state index contributed by atoms with van der Waals surface area (Å²) in [6.45, 7) is 9.40. The van der Waals surface area contributed by atoms with Crippen molar-refractivity contribution in [3.05, 3.63) is 34.9 Å². The monoisotopic (exact) mass is 263 g/mol. The van der Waals surface area contributed by atoms with Gasteiger partial charge < -0.3 is 10.1 Å². The molecule has 19 heavy (non-hydrogen) atoms.